The van der Waals surface area contributed by atoms with Crippen molar-refractivity contribution in [1.29, 1.82) is 0 Å². The van der Waals surface area contributed by atoms with E-state index >= 15 is 0 Å². The van der Waals surface area contributed by atoms with Gasteiger partial charge in [0.05, 0.1) is 12.0 Å². The minimum absolute atomic E-state index is 0.0206. The highest BCUT2D eigenvalue weighted by Gasteiger charge is 2.44. The summed E-state index contributed by atoms with van der Waals surface area (Å²) in [5.41, 5.74) is 5.33. The molecular formula is C27H29N3O2S. The number of aryl methyl sites for hydroxylation is 1. The maximum Gasteiger partial charge on any atom is 0.254 e. The lowest BCUT2D eigenvalue weighted by Crippen LogP contribution is -2.53. The molecule has 0 unspecified atom stereocenters. The van der Waals surface area contributed by atoms with Gasteiger partial charge in [-0.2, -0.15) is 0 Å². The highest BCUT2D eigenvalue weighted by atomic mass is 32.1. The van der Waals surface area contributed by atoms with Gasteiger partial charge >= 0.3 is 0 Å². The number of nitrogens with zero attached hydrogens (tertiary/aromatic N) is 3. The molecule has 0 N–H and O–H groups in total. The van der Waals surface area contributed by atoms with E-state index in [1.807, 2.05) is 53.7 Å². The summed E-state index contributed by atoms with van der Waals surface area (Å²) in [6, 6.07) is 17.8. The van der Waals surface area contributed by atoms with Crippen molar-refractivity contribution in [3.8, 4) is 0 Å². The van der Waals surface area contributed by atoms with Crippen LogP contribution in [-0.2, 0) is 4.79 Å². The molecule has 0 radical (unpaired) electrons. The summed E-state index contributed by atoms with van der Waals surface area (Å²) in [5.74, 6) is -0.302. The van der Waals surface area contributed by atoms with Crippen molar-refractivity contribution in [3.05, 3.63) is 87.1 Å². The number of anilines is 1. The molecule has 3 aromatic rings. The third kappa shape index (κ3) is 3.72. The number of carbonyl (C=O) groups is 2. The normalized spacial score (nSPS) is 20.7. The van der Waals surface area contributed by atoms with E-state index in [4.69, 9.17) is 0 Å². The molecule has 5 nitrogen and oxygen atoms in total. The first-order valence-corrected chi connectivity index (χ1v) is 12.3. The van der Waals surface area contributed by atoms with Crippen LogP contribution in [0.5, 0.6) is 0 Å². The summed E-state index contributed by atoms with van der Waals surface area (Å²) in [6.45, 7) is 7.28. The smallest absolute Gasteiger partial charge is 0.254 e. The number of hydrogen-bond acceptors (Lipinski definition) is 4. The molecule has 2 amide bonds. The number of piperazine rings is 1. The third-order valence-electron chi connectivity index (χ3n) is 7.19. The van der Waals surface area contributed by atoms with Crippen molar-refractivity contribution in [2.45, 2.75) is 25.8 Å². The highest BCUT2D eigenvalue weighted by molar-refractivity contribution is 7.10. The molecule has 1 saturated heterocycles. The largest absolute Gasteiger partial charge is 0.368 e. The minimum atomic E-state index is -0.394. The van der Waals surface area contributed by atoms with Crippen molar-refractivity contribution >= 4 is 28.8 Å². The molecule has 2 atom stereocenters. The Balaban J connectivity index is 1.43. The first-order valence-electron chi connectivity index (χ1n) is 11.5. The second-order valence-electron chi connectivity index (χ2n) is 8.97. The summed E-state index contributed by atoms with van der Waals surface area (Å²) in [4.78, 5) is 34.3. The fraction of sp³-hybridized carbons (Fsp3) is 0.333. The maximum atomic E-state index is 14.0. The molecule has 5 rings (SSSR count). The van der Waals surface area contributed by atoms with Gasteiger partial charge in [0.25, 0.3) is 5.91 Å². The molecule has 2 aliphatic heterocycles. The van der Waals surface area contributed by atoms with Crippen LogP contribution in [0.3, 0.4) is 0 Å². The number of benzene rings is 2. The van der Waals surface area contributed by atoms with Crippen LogP contribution in [0.25, 0.3) is 0 Å². The zero-order valence-corrected chi connectivity index (χ0v) is 20.1. The third-order valence-corrected chi connectivity index (χ3v) is 8.13. The molecule has 1 fully saturated rings. The summed E-state index contributed by atoms with van der Waals surface area (Å²) in [6.07, 6.45) is 0. The number of carbonyl (C=O) groups excluding carboxylic acids is 2. The van der Waals surface area contributed by atoms with Crippen molar-refractivity contribution in [1.82, 2.24) is 9.80 Å². The first kappa shape index (κ1) is 21.7. The number of fused-ring (bicyclic) bond motifs is 1. The van der Waals surface area contributed by atoms with Gasteiger partial charge in [0, 0.05) is 49.4 Å². The van der Waals surface area contributed by atoms with Gasteiger partial charge in [0.2, 0.25) is 5.91 Å². The van der Waals surface area contributed by atoms with E-state index in [1.165, 1.54) is 16.8 Å². The van der Waals surface area contributed by atoms with E-state index in [1.54, 1.807) is 16.2 Å². The summed E-state index contributed by atoms with van der Waals surface area (Å²) < 4.78 is 0. The minimum Gasteiger partial charge on any atom is -0.368 e. The number of hydrogen-bond donors (Lipinski definition) is 0. The Morgan fingerprint density at radius 3 is 2.42 bits per heavy atom. The summed E-state index contributed by atoms with van der Waals surface area (Å²) in [5, 5.41) is 2.01. The van der Waals surface area contributed by atoms with Crippen molar-refractivity contribution < 1.29 is 9.59 Å². The number of likely N-dealkylation sites (N-methyl/N-ethyl adjacent to an activating group) is 1. The predicted molar refractivity (Wildman–Crippen MR) is 133 cm³/mol. The molecule has 2 aliphatic rings. The van der Waals surface area contributed by atoms with Crippen molar-refractivity contribution in [3.63, 3.8) is 0 Å². The van der Waals surface area contributed by atoms with Crippen LogP contribution in [0.15, 0.2) is 60.0 Å². The first-order chi connectivity index (χ1) is 16.0. The van der Waals surface area contributed by atoms with Crippen molar-refractivity contribution in [2.75, 3.05) is 38.1 Å². The Bertz CT molecular complexity index is 1180. The number of rotatable bonds is 3. The van der Waals surface area contributed by atoms with Crippen LogP contribution in [0.2, 0.25) is 0 Å². The van der Waals surface area contributed by atoms with Crippen molar-refractivity contribution in [2.24, 2.45) is 0 Å². The molecular weight excluding hydrogens is 430 g/mol. The van der Waals surface area contributed by atoms with Gasteiger partial charge in [0.1, 0.15) is 0 Å². The molecule has 33 heavy (non-hydrogen) atoms. The van der Waals surface area contributed by atoms with Crippen LogP contribution in [0.1, 0.15) is 43.9 Å². The standard InChI is InChI=1S/C27H29N3O2S/c1-18-8-6-11-22(19(18)2)29-13-15-30(16-14-29)27(32)24-20-9-4-5-10-21(20)26(31)28(3)25(24)23-12-7-17-33-23/h4-12,17,24-25H,13-16H2,1-3H3/t24-,25+/m1/s1. The van der Waals surface area contributed by atoms with Crippen LogP contribution in [0.4, 0.5) is 5.69 Å². The summed E-state index contributed by atoms with van der Waals surface area (Å²) >= 11 is 1.61. The molecule has 170 valence electrons. The Hall–Kier alpha value is -3.12. The lowest BCUT2D eigenvalue weighted by Gasteiger charge is -2.43. The Kier molecular flexibility index (Phi) is 5.71. The van der Waals surface area contributed by atoms with Gasteiger partial charge in [-0.05, 0) is 54.1 Å². The Morgan fingerprint density at radius 1 is 0.939 bits per heavy atom. The van der Waals surface area contributed by atoms with Crippen LogP contribution >= 0.6 is 11.3 Å². The van der Waals surface area contributed by atoms with Gasteiger partial charge in [-0.3, -0.25) is 9.59 Å². The van der Waals surface area contributed by atoms with E-state index in [9.17, 15) is 9.59 Å². The predicted octanol–water partition coefficient (Wildman–Crippen LogP) is 4.62. The van der Waals surface area contributed by atoms with Crippen LogP contribution in [0, 0.1) is 13.8 Å². The SMILES string of the molecule is Cc1cccc(N2CCN(C(=O)[C@@H]3c4ccccc4C(=O)N(C)[C@H]3c3cccs3)CC2)c1C. The van der Waals surface area contributed by atoms with E-state index in [-0.39, 0.29) is 17.9 Å². The van der Waals surface area contributed by atoms with E-state index in [0.29, 0.717) is 18.7 Å². The molecule has 0 saturated carbocycles. The quantitative estimate of drug-likeness (QED) is 0.574. The van der Waals surface area contributed by atoms with Gasteiger partial charge in [0.15, 0.2) is 0 Å². The van der Waals surface area contributed by atoms with E-state index in [0.717, 1.165) is 23.5 Å². The molecule has 1 aromatic heterocycles. The average molecular weight is 460 g/mol. The van der Waals surface area contributed by atoms with Gasteiger partial charge in [-0.15, -0.1) is 11.3 Å². The maximum absolute atomic E-state index is 14.0. The average Bonchev–Trinajstić information content (AvgIpc) is 3.37. The molecule has 2 aromatic carbocycles. The van der Waals surface area contributed by atoms with Crippen LogP contribution < -0.4 is 4.90 Å². The molecule has 3 heterocycles. The molecule has 0 bridgehead atoms. The lowest BCUT2D eigenvalue weighted by molar-refractivity contribution is -0.134. The van der Waals surface area contributed by atoms with E-state index < -0.39 is 5.92 Å². The second kappa shape index (κ2) is 8.67. The number of amides is 2. The van der Waals surface area contributed by atoms with Gasteiger partial charge in [-0.25, -0.2) is 0 Å². The topological polar surface area (TPSA) is 43.9 Å². The molecule has 6 heteroatoms. The molecule has 0 aliphatic carbocycles. The zero-order chi connectivity index (χ0) is 23.1. The lowest BCUT2D eigenvalue weighted by atomic mass is 9.81. The Morgan fingerprint density at radius 2 is 1.70 bits per heavy atom. The van der Waals surface area contributed by atoms with Crippen LogP contribution in [-0.4, -0.2) is 54.8 Å². The van der Waals surface area contributed by atoms with Gasteiger partial charge < -0.3 is 14.7 Å². The summed E-state index contributed by atoms with van der Waals surface area (Å²) in [7, 11) is 1.82. The number of thiophene rings is 1. The Labute approximate surface area is 199 Å². The fourth-order valence-corrected chi connectivity index (χ4v) is 6.10. The van der Waals surface area contributed by atoms with Gasteiger partial charge in [-0.1, -0.05) is 36.4 Å². The second-order valence-corrected chi connectivity index (χ2v) is 9.95. The monoisotopic (exact) mass is 459 g/mol. The highest BCUT2D eigenvalue weighted by Crippen LogP contribution is 2.44. The fourth-order valence-electron chi connectivity index (χ4n) is 5.20. The zero-order valence-electron chi connectivity index (χ0n) is 19.3. The van der Waals surface area contributed by atoms with E-state index in [2.05, 4.69) is 36.9 Å². The molecule has 0 spiro atoms.